The SMILES string of the molecule is CC1(c2ccccc2)c2ccccc2-c2ccc3c([nH]c4cc(-c5nc(-c6ccccc6)c6c(n5)oc5ccccc56)ccc43)c21. The number of nitrogens with one attached hydrogen (secondary N) is 1. The Kier molecular flexibility index (Phi) is 5.10. The van der Waals surface area contributed by atoms with Gasteiger partial charge in [0.15, 0.2) is 5.82 Å². The van der Waals surface area contributed by atoms with Crippen LogP contribution in [0.4, 0.5) is 0 Å². The number of rotatable bonds is 3. The predicted octanol–water partition coefficient (Wildman–Crippen LogP) is 10.7. The highest BCUT2D eigenvalue weighted by atomic mass is 16.3. The Morgan fingerprint density at radius 2 is 1.35 bits per heavy atom. The minimum absolute atomic E-state index is 0.295. The lowest BCUT2D eigenvalue weighted by molar-refractivity contribution is 0.653. The Labute approximate surface area is 265 Å². The molecule has 0 saturated heterocycles. The van der Waals surface area contributed by atoms with Crippen molar-refractivity contribution in [2.24, 2.45) is 0 Å². The molecule has 9 aromatic rings. The molecule has 6 aromatic carbocycles. The molecule has 0 bridgehead atoms. The predicted molar refractivity (Wildman–Crippen MR) is 187 cm³/mol. The quantitative estimate of drug-likeness (QED) is 0.223. The molecule has 0 radical (unpaired) electrons. The molecule has 46 heavy (non-hydrogen) atoms. The maximum atomic E-state index is 6.30. The monoisotopic (exact) mass is 589 g/mol. The minimum atomic E-state index is -0.295. The summed E-state index contributed by atoms with van der Waals surface area (Å²) in [5.74, 6) is 0.637. The maximum Gasteiger partial charge on any atom is 0.231 e. The molecule has 0 spiro atoms. The average molecular weight is 590 g/mol. The van der Waals surface area contributed by atoms with Gasteiger partial charge < -0.3 is 9.40 Å². The smallest absolute Gasteiger partial charge is 0.231 e. The van der Waals surface area contributed by atoms with E-state index in [2.05, 4.69) is 115 Å². The molecule has 3 heterocycles. The van der Waals surface area contributed by atoms with Gasteiger partial charge in [0.25, 0.3) is 0 Å². The zero-order chi connectivity index (χ0) is 30.4. The summed E-state index contributed by atoms with van der Waals surface area (Å²) in [4.78, 5) is 14.0. The molecule has 0 aliphatic heterocycles. The standard InChI is InChI=1S/C42H27N3O/c1-42(27-14-6-3-7-15-27)33-18-10-8-16-28(33)30-22-23-31-29-21-20-26(24-34(29)43-39(31)37(30)42)40-44-38(25-12-4-2-5-13-25)36-32-17-9-11-19-35(32)46-41(36)45-40/h2-24,43H,1H3. The number of para-hydroxylation sites is 1. The molecule has 1 aliphatic rings. The fourth-order valence-corrected chi connectivity index (χ4v) is 7.77. The zero-order valence-electron chi connectivity index (χ0n) is 25.1. The van der Waals surface area contributed by atoms with E-state index >= 15 is 0 Å². The van der Waals surface area contributed by atoms with Crippen molar-refractivity contribution in [2.45, 2.75) is 12.3 Å². The number of hydrogen-bond acceptors (Lipinski definition) is 3. The molecule has 1 unspecified atom stereocenters. The van der Waals surface area contributed by atoms with E-state index in [0.717, 1.165) is 38.7 Å². The van der Waals surface area contributed by atoms with Gasteiger partial charge in [-0.3, -0.25) is 0 Å². The fourth-order valence-electron chi connectivity index (χ4n) is 7.77. The Bertz CT molecular complexity index is 2650. The van der Waals surface area contributed by atoms with Crippen LogP contribution in [0.25, 0.3) is 77.6 Å². The number of nitrogens with zero attached hydrogens (tertiary/aromatic N) is 2. The Morgan fingerprint density at radius 3 is 2.22 bits per heavy atom. The van der Waals surface area contributed by atoms with Crippen LogP contribution in [0.1, 0.15) is 23.6 Å². The molecule has 1 aliphatic carbocycles. The molecular formula is C42H27N3O. The first-order chi connectivity index (χ1) is 22.7. The van der Waals surface area contributed by atoms with Gasteiger partial charge in [-0.1, -0.05) is 127 Å². The van der Waals surface area contributed by atoms with Gasteiger partial charge >= 0.3 is 0 Å². The van der Waals surface area contributed by atoms with Crippen LogP contribution in [0.5, 0.6) is 0 Å². The van der Waals surface area contributed by atoms with Crippen molar-refractivity contribution in [3.05, 3.63) is 156 Å². The Hall–Kier alpha value is -6.00. The number of benzene rings is 6. The summed E-state index contributed by atoms with van der Waals surface area (Å²) >= 11 is 0. The maximum absolute atomic E-state index is 6.30. The van der Waals surface area contributed by atoms with Crippen molar-refractivity contribution >= 4 is 43.9 Å². The topological polar surface area (TPSA) is 54.7 Å². The van der Waals surface area contributed by atoms with Gasteiger partial charge in [-0.15, -0.1) is 0 Å². The number of furan rings is 1. The Balaban J connectivity index is 1.21. The summed E-state index contributed by atoms with van der Waals surface area (Å²) in [7, 11) is 0. The summed E-state index contributed by atoms with van der Waals surface area (Å²) in [6.45, 7) is 2.37. The molecule has 3 aromatic heterocycles. The van der Waals surface area contributed by atoms with Gasteiger partial charge in [-0.25, -0.2) is 4.98 Å². The molecule has 1 atom stereocenters. The van der Waals surface area contributed by atoms with E-state index in [1.54, 1.807) is 0 Å². The van der Waals surface area contributed by atoms with Gasteiger partial charge in [0.2, 0.25) is 5.71 Å². The van der Waals surface area contributed by atoms with Gasteiger partial charge in [0.05, 0.1) is 16.6 Å². The number of aromatic amines is 1. The lowest BCUT2D eigenvalue weighted by atomic mass is 9.74. The van der Waals surface area contributed by atoms with Crippen LogP contribution in [0.2, 0.25) is 0 Å². The largest absolute Gasteiger partial charge is 0.438 e. The van der Waals surface area contributed by atoms with Crippen molar-refractivity contribution in [1.82, 2.24) is 15.0 Å². The van der Waals surface area contributed by atoms with Crippen LogP contribution < -0.4 is 0 Å². The molecule has 216 valence electrons. The lowest BCUT2D eigenvalue weighted by Crippen LogP contribution is -2.22. The normalized spacial score (nSPS) is 15.6. The van der Waals surface area contributed by atoms with Crippen LogP contribution >= 0.6 is 0 Å². The second-order valence-corrected chi connectivity index (χ2v) is 12.4. The second kappa shape index (κ2) is 9.26. The van der Waals surface area contributed by atoms with Gasteiger partial charge in [0.1, 0.15) is 5.58 Å². The summed E-state index contributed by atoms with van der Waals surface area (Å²) in [5.41, 5.74) is 12.7. The van der Waals surface area contributed by atoms with E-state index in [9.17, 15) is 0 Å². The van der Waals surface area contributed by atoms with Crippen LogP contribution in [0.15, 0.2) is 144 Å². The molecule has 10 rings (SSSR count). The summed E-state index contributed by atoms with van der Waals surface area (Å²) in [5, 5.41) is 4.35. The van der Waals surface area contributed by atoms with E-state index in [4.69, 9.17) is 14.4 Å². The van der Waals surface area contributed by atoms with Crippen molar-refractivity contribution in [1.29, 1.82) is 0 Å². The van der Waals surface area contributed by atoms with E-state index in [1.165, 1.54) is 44.1 Å². The highest BCUT2D eigenvalue weighted by Crippen LogP contribution is 2.55. The molecule has 1 N–H and O–H groups in total. The summed E-state index contributed by atoms with van der Waals surface area (Å²) in [6.07, 6.45) is 0. The average Bonchev–Trinajstić information content (AvgIpc) is 3.77. The summed E-state index contributed by atoms with van der Waals surface area (Å²) < 4.78 is 6.30. The van der Waals surface area contributed by atoms with Crippen LogP contribution in [-0.2, 0) is 5.41 Å². The van der Waals surface area contributed by atoms with Crippen LogP contribution in [-0.4, -0.2) is 15.0 Å². The highest BCUT2D eigenvalue weighted by molar-refractivity contribution is 6.13. The van der Waals surface area contributed by atoms with Crippen molar-refractivity contribution < 1.29 is 4.42 Å². The van der Waals surface area contributed by atoms with Gasteiger partial charge in [-0.05, 0) is 46.9 Å². The Morgan fingerprint density at radius 1 is 0.609 bits per heavy atom. The number of fused-ring (bicyclic) bond motifs is 10. The van der Waals surface area contributed by atoms with Crippen molar-refractivity contribution in [3.63, 3.8) is 0 Å². The van der Waals surface area contributed by atoms with Gasteiger partial charge in [0, 0.05) is 38.2 Å². The van der Waals surface area contributed by atoms with E-state index < -0.39 is 0 Å². The first-order valence-corrected chi connectivity index (χ1v) is 15.7. The number of H-pyrrole nitrogens is 1. The number of aromatic nitrogens is 3. The summed E-state index contributed by atoms with van der Waals surface area (Å²) in [6, 6.07) is 49.2. The van der Waals surface area contributed by atoms with Crippen LogP contribution in [0.3, 0.4) is 0 Å². The highest BCUT2D eigenvalue weighted by Gasteiger charge is 2.42. The minimum Gasteiger partial charge on any atom is -0.438 e. The molecule has 4 heteroatoms. The first-order valence-electron chi connectivity index (χ1n) is 15.7. The third kappa shape index (κ3) is 3.38. The van der Waals surface area contributed by atoms with Crippen molar-refractivity contribution in [3.8, 4) is 33.8 Å². The molecule has 0 saturated carbocycles. The van der Waals surface area contributed by atoms with E-state index in [1.807, 2.05) is 36.4 Å². The molecule has 0 amide bonds. The third-order valence-corrected chi connectivity index (χ3v) is 9.93. The van der Waals surface area contributed by atoms with Crippen LogP contribution in [0, 0.1) is 0 Å². The number of hydrogen-bond donors (Lipinski definition) is 1. The van der Waals surface area contributed by atoms with E-state index in [-0.39, 0.29) is 5.41 Å². The second-order valence-electron chi connectivity index (χ2n) is 12.4. The third-order valence-electron chi connectivity index (χ3n) is 9.93. The van der Waals surface area contributed by atoms with E-state index in [0.29, 0.717) is 11.5 Å². The molecule has 4 nitrogen and oxygen atoms in total. The molecular weight excluding hydrogens is 562 g/mol. The molecule has 0 fully saturated rings. The lowest BCUT2D eigenvalue weighted by Gasteiger charge is -2.28. The van der Waals surface area contributed by atoms with Gasteiger partial charge in [-0.2, -0.15) is 4.98 Å². The first kappa shape index (κ1) is 25.3. The fraction of sp³-hybridized carbons (Fsp3) is 0.0476. The zero-order valence-corrected chi connectivity index (χ0v) is 25.1. The van der Waals surface area contributed by atoms with Crippen molar-refractivity contribution in [2.75, 3.05) is 0 Å².